The summed E-state index contributed by atoms with van der Waals surface area (Å²) in [7, 11) is 1.77. The number of furan rings is 1. The molecule has 3 rings (SSSR count). The van der Waals surface area contributed by atoms with Crippen LogP contribution in [0.15, 0.2) is 34.7 Å². The summed E-state index contributed by atoms with van der Waals surface area (Å²) in [5.74, 6) is 1.39. The van der Waals surface area contributed by atoms with Gasteiger partial charge in [-0.05, 0) is 30.9 Å². The minimum absolute atomic E-state index is 0.0517. The molecule has 3 heteroatoms. The first-order valence-electron chi connectivity index (χ1n) is 7.56. The van der Waals surface area contributed by atoms with Crippen LogP contribution in [0.2, 0.25) is 0 Å². The normalized spacial score (nSPS) is 20.1. The van der Waals surface area contributed by atoms with Crippen molar-refractivity contribution in [1.82, 2.24) is 0 Å². The van der Waals surface area contributed by atoms with E-state index in [1.807, 2.05) is 18.2 Å². The lowest BCUT2D eigenvalue weighted by atomic mass is 9.82. The van der Waals surface area contributed by atoms with Gasteiger partial charge in [0.1, 0.15) is 11.3 Å². The Kier molecular flexibility index (Phi) is 4.08. The number of para-hydroxylation sites is 1. The van der Waals surface area contributed by atoms with Gasteiger partial charge in [0.25, 0.3) is 0 Å². The molecule has 1 aliphatic carbocycles. The highest BCUT2D eigenvalue weighted by atomic mass is 16.5. The van der Waals surface area contributed by atoms with E-state index in [9.17, 15) is 0 Å². The highest BCUT2D eigenvalue weighted by molar-refractivity contribution is 5.77. The summed E-state index contributed by atoms with van der Waals surface area (Å²) < 4.78 is 11.6. The van der Waals surface area contributed by atoms with Gasteiger partial charge >= 0.3 is 0 Å². The van der Waals surface area contributed by atoms with Gasteiger partial charge in [-0.2, -0.15) is 0 Å². The number of hydrogen-bond acceptors (Lipinski definition) is 3. The third-order valence-electron chi connectivity index (χ3n) is 4.51. The van der Waals surface area contributed by atoms with Gasteiger partial charge < -0.3 is 14.9 Å². The molecule has 1 aromatic carbocycles. The van der Waals surface area contributed by atoms with Gasteiger partial charge in [0.15, 0.2) is 0 Å². The van der Waals surface area contributed by atoms with E-state index in [0.717, 1.165) is 16.7 Å². The maximum absolute atomic E-state index is 6.43. The summed E-state index contributed by atoms with van der Waals surface area (Å²) in [4.78, 5) is 0. The van der Waals surface area contributed by atoms with Crippen LogP contribution in [0.25, 0.3) is 11.0 Å². The fourth-order valence-electron chi connectivity index (χ4n) is 3.42. The molecule has 2 N–H and O–H groups in total. The molecule has 1 aromatic heterocycles. The van der Waals surface area contributed by atoms with Gasteiger partial charge in [-0.25, -0.2) is 0 Å². The molecule has 1 heterocycles. The molecule has 0 spiro atoms. The number of ether oxygens (including phenoxy) is 1. The first-order valence-corrected chi connectivity index (χ1v) is 7.56. The zero-order valence-electron chi connectivity index (χ0n) is 12.0. The average Bonchev–Trinajstić information content (AvgIpc) is 2.93. The van der Waals surface area contributed by atoms with Crippen molar-refractivity contribution < 1.29 is 9.15 Å². The Bertz CT molecular complexity index is 524. The van der Waals surface area contributed by atoms with Crippen molar-refractivity contribution in [2.24, 2.45) is 11.7 Å². The lowest BCUT2D eigenvalue weighted by Crippen LogP contribution is -2.35. The van der Waals surface area contributed by atoms with E-state index in [0.29, 0.717) is 5.92 Å². The largest absolute Gasteiger partial charge is 0.459 e. The third-order valence-corrected chi connectivity index (χ3v) is 4.51. The fraction of sp³-hybridized carbons (Fsp3) is 0.529. The van der Waals surface area contributed by atoms with Gasteiger partial charge in [0, 0.05) is 12.5 Å². The van der Waals surface area contributed by atoms with Gasteiger partial charge in [-0.1, -0.05) is 37.5 Å². The van der Waals surface area contributed by atoms with Gasteiger partial charge in [0.05, 0.1) is 12.1 Å². The summed E-state index contributed by atoms with van der Waals surface area (Å²) in [5.41, 5.74) is 7.33. The monoisotopic (exact) mass is 273 g/mol. The topological polar surface area (TPSA) is 48.4 Å². The lowest BCUT2D eigenvalue weighted by Gasteiger charge is -2.32. The SMILES string of the molecule is COC(C1CCCCC1)C(N)c1cc2ccccc2o1. The minimum Gasteiger partial charge on any atom is -0.459 e. The maximum atomic E-state index is 6.43. The second kappa shape index (κ2) is 5.98. The van der Waals surface area contributed by atoms with E-state index in [4.69, 9.17) is 14.9 Å². The van der Waals surface area contributed by atoms with Crippen molar-refractivity contribution in [2.75, 3.05) is 7.11 Å². The first-order chi connectivity index (χ1) is 9.79. The Morgan fingerprint density at radius 3 is 2.65 bits per heavy atom. The number of rotatable bonds is 4. The van der Waals surface area contributed by atoms with Gasteiger partial charge in [-0.15, -0.1) is 0 Å². The molecule has 0 bridgehead atoms. The van der Waals surface area contributed by atoms with E-state index in [1.165, 1.54) is 32.1 Å². The Morgan fingerprint density at radius 1 is 1.20 bits per heavy atom. The smallest absolute Gasteiger partial charge is 0.134 e. The Morgan fingerprint density at radius 2 is 1.95 bits per heavy atom. The van der Waals surface area contributed by atoms with Crippen molar-refractivity contribution in [3.63, 3.8) is 0 Å². The van der Waals surface area contributed by atoms with Crippen LogP contribution in [0, 0.1) is 5.92 Å². The third kappa shape index (κ3) is 2.60. The summed E-state index contributed by atoms with van der Waals surface area (Å²) >= 11 is 0. The van der Waals surface area contributed by atoms with E-state index < -0.39 is 0 Å². The molecule has 0 aliphatic heterocycles. The Hall–Kier alpha value is -1.32. The van der Waals surface area contributed by atoms with E-state index >= 15 is 0 Å². The molecule has 20 heavy (non-hydrogen) atoms. The minimum atomic E-state index is -0.185. The molecule has 1 saturated carbocycles. The molecular formula is C17H23NO2. The number of nitrogens with two attached hydrogens (primary N) is 1. The van der Waals surface area contributed by atoms with Crippen LogP contribution < -0.4 is 5.73 Å². The van der Waals surface area contributed by atoms with Crippen molar-refractivity contribution >= 4 is 11.0 Å². The highest BCUT2D eigenvalue weighted by Gasteiger charge is 2.31. The number of methoxy groups -OCH3 is 1. The number of fused-ring (bicyclic) bond motifs is 1. The molecule has 2 unspecified atom stereocenters. The average molecular weight is 273 g/mol. The molecule has 2 aromatic rings. The summed E-state index contributed by atoms with van der Waals surface area (Å²) in [5, 5.41) is 1.11. The predicted molar refractivity (Wildman–Crippen MR) is 80.5 cm³/mol. The van der Waals surface area contributed by atoms with Crippen LogP contribution in [0.5, 0.6) is 0 Å². The van der Waals surface area contributed by atoms with Crippen molar-refractivity contribution in [1.29, 1.82) is 0 Å². The van der Waals surface area contributed by atoms with Crippen molar-refractivity contribution in [2.45, 2.75) is 44.2 Å². The quantitative estimate of drug-likeness (QED) is 0.915. The molecule has 1 fully saturated rings. The second-order valence-corrected chi connectivity index (χ2v) is 5.81. The van der Waals surface area contributed by atoms with Crippen LogP contribution in [0.3, 0.4) is 0 Å². The number of benzene rings is 1. The standard InChI is InChI=1S/C17H23NO2/c1-19-17(12-7-3-2-4-8-12)16(18)15-11-13-9-5-6-10-14(13)20-15/h5-6,9-12,16-17H,2-4,7-8,18H2,1H3. The molecule has 108 valence electrons. The Balaban J connectivity index is 1.83. The lowest BCUT2D eigenvalue weighted by molar-refractivity contribution is 0.0129. The predicted octanol–water partition coefficient (Wildman–Crippen LogP) is 4.03. The highest BCUT2D eigenvalue weighted by Crippen LogP contribution is 2.34. The molecule has 0 saturated heterocycles. The molecule has 1 aliphatic rings. The van der Waals surface area contributed by atoms with E-state index in [-0.39, 0.29) is 12.1 Å². The zero-order chi connectivity index (χ0) is 13.9. The van der Waals surface area contributed by atoms with Gasteiger partial charge in [0.2, 0.25) is 0 Å². The first kappa shape index (κ1) is 13.7. The molecule has 2 atom stereocenters. The summed E-state index contributed by atoms with van der Waals surface area (Å²) in [6, 6.07) is 9.90. The Labute approximate surface area is 120 Å². The van der Waals surface area contributed by atoms with Crippen LogP contribution >= 0.6 is 0 Å². The summed E-state index contributed by atoms with van der Waals surface area (Å²) in [6.45, 7) is 0. The second-order valence-electron chi connectivity index (χ2n) is 5.81. The van der Waals surface area contributed by atoms with Crippen LogP contribution in [0.4, 0.5) is 0 Å². The zero-order valence-corrected chi connectivity index (χ0v) is 12.0. The molecule has 0 radical (unpaired) electrons. The van der Waals surface area contributed by atoms with E-state index in [2.05, 4.69) is 12.1 Å². The molecule has 0 amide bonds. The van der Waals surface area contributed by atoms with Crippen molar-refractivity contribution in [3.8, 4) is 0 Å². The van der Waals surface area contributed by atoms with Gasteiger partial charge in [-0.3, -0.25) is 0 Å². The van der Waals surface area contributed by atoms with Crippen LogP contribution in [-0.2, 0) is 4.74 Å². The van der Waals surface area contributed by atoms with Crippen LogP contribution in [-0.4, -0.2) is 13.2 Å². The number of hydrogen-bond donors (Lipinski definition) is 1. The van der Waals surface area contributed by atoms with Crippen molar-refractivity contribution in [3.05, 3.63) is 36.1 Å². The maximum Gasteiger partial charge on any atom is 0.134 e. The van der Waals surface area contributed by atoms with Crippen LogP contribution in [0.1, 0.15) is 43.9 Å². The fourth-order valence-corrected chi connectivity index (χ4v) is 3.42. The summed E-state index contributed by atoms with van der Waals surface area (Å²) in [6.07, 6.45) is 6.40. The molecular weight excluding hydrogens is 250 g/mol. The van der Waals surface area contributed by atoms with E-state index in [1.54, 1.807) is 7.11 Å². The molecule has 3 nitrogen and oxygen atoms in total.